The molecule has 6 nitrogen and oxygen atoms in total. The molecule has 1 amide bonds. The Bertz CT molecular complexity index is 756. The van der Waals surface area contributed by atoms with E-state index in [1.165, 1.54) is 17.7 Å². The van der Waals surface area contributed by atoms with Gasteiger partial charge in [0.1, 0.15) is 10.7 Å². The van der Waals surface area contributed by atoms with Crippen LogP contribution >= 0.6 is 11.6 Å². The van der Waals surface area contributed by atoms with Crippen LogP contribution < -0.4 is 5.32 Å². The first-order valence-electron chi connectivity index (χ1n) is 7.35. The van der Waals surface area contributed by atoms with Crippen LogP contribution in [-0.4, -0.2) is 34.3 Å². The van der Waals surface area contributed by atoms with Crippen molar-refractivity contribution in [2.24, 2.45) is 0 Å². The summed E-state index contributed by atoms with van der Waals surface area (Å²) in [6.07, 6.45) is 0.588. The number of nitrogens with zero attached hydrogens (tertiary/aromatic N) is 2. The van der Waals surface area contributed by atoms with Gasteiger partial charge in [0, 0.05) is 6.54 Å². The van der Waals surface area contributed by atoms with Crippen molar-refractivity contribution >= 4 is 23.5 Å². The summed E-state index contributed by atoms with van der Waals surface area (Å²) < 4.78 is 6.64. The fourth-order valence-corrected chi connectivity index (χ4v) is 2.41. The van der Waals surface area contributed by atoms with Crippen molar-refractivity contribution in [1.82, 2.24) is 15.1 Å². The van der Waals surface area contributed by atoms with Crippen molar-refractivity contribution < 1.29 is 14.3 Å². The van der Waals surface area contributed by atoms with E-state index in [1.54, 1.807) is 6.92 Å². The molecule has 7 heteroatoms. The Kier molecular flexibility index (Phi) is 5.76. The SMILES string of the molecule is C=CCNC(=O)[C@H](C)OC(=O)c1c(C)nn(-c2ccccc2)c1Cl. The lowest BCUT2D eigenvalue weighted by Gasteiger charge is -2.12. The molecule has 0 fully saturated rings. The van der Waals surface area contributed by atoms with Crippen LogP contribution in [0, 0.1) is 6.92 Å². The highest BCUT2D eigenvalue weighted by molar-refractivity contribution is 6.33. The summed E-state index contributed by atoms with van der Waals surface area (Å²) in [6.45, 7) is 6.95. The van der Waals surface area contributed by atoms with Crippen LogP contribution in [0.25, 0.3) is 5.69 Å². The zero-order valence-electron chi connectivity index (χ0n) is 13.5. The number of benzene rings is 1. The van der Waals surface area contributed by atoms with Gasteiger partial charge in [-0.3, -0.25) is 4.79 Å². The Hall–Kier alpha value is -2.60. The van der Waals surface area contributed by atoms with Crippen LogP contribution in [0.5, 0.6) is 0 Å². The number of aromatic nitrogens is 2. The van der Waals surface area contributed by atoms with Gasteiger partial charge >= 0.3 is 5.97 Å². The smallest absolute Gasteiger partial charge is 0.344 e. The summed E-state index contributed by atoms with van der Waals surface area (Å²) in [5, 5.41) is 6.98. The second-order valence-corrected chi connectivity index (χ2v) is 5.44. The maximum atomic E-state index is 12.4. The number of rotatable bonds is 6. The topological polar surface area (TPSA) is 73.2 Å². The van der Waals surface area contributed by atoms with Gasteiger partial charge in [-0.2, -0.15) is 5.10 Å². The molecule has 0 aliphatic heterocycles. The molecule has 0 spiro atoms. The average Bonchev–Trinajstić information content (AvgIpc) is 2.87. The standard InChI is InChI=1S/C17H18ClN3O3/c1-4-10-19-16(22)12(3)24-17(23)14-11(2)20-21(15(14)18)13-8-6-5-7-9-13/h4-9,12H,1,10H2,2-3H3,(H,19,22)/t12-/m0/s1. The van der Waals surface area contributed by atoms with Crippen LogP contribution in [-0.2, 0) is 9.53 Å². The molecule has 126 valence electrons. The van der Waals surface area contributed by atoms with Crippen molar-refractivity contribution in [3.05, 3.63) is 59.4 Å². The summed E-state index contributed by atoms with van der Waals surface area (Å²) in [5.74, 6) is -1.10. The molecule has 1 N–H and O–H groups in total. The Morgan fingerprint density at radius 3 is 2.71 bits per heavy atom. The highest BCUT2D eigenvalue weighted by atomic mass is 35.5. The van der Waals surface area contributed by atoms with E-state index >= 15 is 0 Å². The van der Waals surface area contributed by atoms with E-state index in [4.69, 9.17) is 16.3 Å². The van der Waals surface area contributed by atoms with Crippen LogP contribution in [0.2, 0.25) is 5.15 Å². The summed E-state index contributed by atoms with van der Waals surface area (Å²) in [7, 11) is 0. The third-order valence-corrected chi connectivity index (χ3v) is 3.63. The zero-order valence-corrected chi connectivity index (χ0v) is 14.2. The van der Waals surface area contributed by atoms with E-state index in [-0.39, 0.29) is 10.7 Å². The van der Waals surface area contributed by atoms with Crippen molar-refractivity contribution in [2.45, 2.75) is 20.0 Å². The van der Waals surface area contributed by atoms with Crippen molar-refractivity contribution in [1.29, 1.82) is 0 Å². The Morgan fingerprint density at radius 2 is 2.08 bits per heavy atom. The number of esters is 1. The quantitative estimate of drug-likeness (QED) is 0.644. The van der Waals surface area contributed by atoms with Gasteiger partial charge in [-0.05, 0) is 26.0 Å². The van der Waals surface area contributed by atoms with Gasteiger partial charge in [0.15, 0.2) is 6.10 Å². The number of ether oxygens (including phenoxy) is 1. The number of para-hydroxylation sites is 1. The second-order valence-electron chi connectivity index (χ2n) is 5.08. The molecule has 1 aromatic heterocycles. The van der Waals surface area contributed by atoms with Crippen molar-refractivity contribution in [3.63, 3.8) is 0 Å². The minimum Gasteiger partial charge on any atom is -0.449 e. The molecule has 1 atom stereocenters. The lowest BCUT2D eigenvalue weighted by Crippen LogP contribution is -2.35. The largest absolute Gasteiger partial charge is 0.449 e. The van der Waals surface area contributed by atoms with Crippen molar-refractivity contribution in [2.75, 3.05) is 6.54 Å². The highest BCUT2D eigenvalue weighted by Crippen LogP contribution is 2.24. The fraction of sp³-hybridized carbons (Fsp3) is 0.235. The summed E-state index contributed by atoms with van der Waals surface area (Å²) in [4.78, 5) is 24.1. The maximum Gasteiger partial charge on any atom is 0.344 e. The van der Waals surface area contributed by atoms with Gasteiger partial charge in [-0.1, -0.05) is 35.9 Å². The first kappa shape index (κ1) is 17.7. The number of halogens is 1. The molecule has 1 aromatic carbocycles. The van der Waals surface area contributed by atoms with Crippen LogP contribution in [0.3, 0.4) is 0 Å². The predicted molar refractivity (Wildman–Crippen MR) is 91.4 cm³/mol. The number of hydrogen-bond acceptors (Lipinski definition) is 4. The maximum absolute atomic E-state index is 12.4. The molecule has 2 rings (SSSR count). The Balaban J connectivity index is 2.20. The van der Waals surface area contributed by atoms with Gasteiger partial charge in [0.2, 0.25) is 0 Å². The second kappa shape index (κ2) is 7.79. The molecule has 0 unspecified atom stereocenters. The van der Waals surface area contributed by atoms with E-state index in [9.17, 15) is 9.59 Å². The fourth-order valence-electron chi connectivity index (χ4n) is 2.06. The van der Waals surface area contributed by atoms with E-state index < -0.39 is 18.0 Å². The lowest BCUT2D eigenvalue weighted by molar-refractivity contribution is -0.128. The van der Waals surface area contributed by atoms with Gasteiger partial charge < -0.3 is 10.1 Å². The monoisotopic (exact) mass is 347 g/mol. The molecule has 0 saturated carbocycles. The number of amides is 1. The molecular weight excluding hydrogens is 330 g/mol. The molecular formula is C17H18ClN3O3. The van der Waals surface area contributed by atoms with Gasteiger partial charge in [0.25, 0.3) is 5.91 Å². The minimum atomic E-state index is -0.951. The normalized spacial score (nSPS) is 11.6. The molecule has 0 aliphatic rings. The van der Waals surface area contributed by atoms with Gasteiger partial charge in [0.05, 0.1) is 11.4 Å². The molecule has 24 heavy (non-hydrogen) atoms. The Labute approximate surface area is 145 Å². The van der Waals surface area contributed by atoms with Crippen LogP contribution in [0.1, 0.15) is 23.0 Å². The van der Waals surface area contributed by atoms with E-state index in [1.807, 2.05) is 30.3 Å². The molecule has 0 radical (unpaired) electrons. The lowest BCUT2D eigenvalue weighted by atomic mass is 10.2. The average molecular weight is 348 g/mol. The summed E-state index contributed by atoms with van der Waals surface area (Å²) in [5.41, 5.74) is 1.29. The first-order chi connectivity index (χ1) is 11.5. The first-order valence-corrected chi connectivity index (χ1v) is 7.73. The molecule has 1 heterocycles. The number of carbonyl (C=O) groups excluding carboxylic acids is 2. The van der Waals surface area contributed by atoms with Gasteiger partial charge in [-0.25, -0.2) is 9.48 Å². The number of carbonyl (C=O) groups is 2. The van der Waals surface area contributed by atoms with Crippen LogP contribution in [0.4, 0.5) is 0 Å². The zero-order chi connectivity index (χ0) is 17.7. The molecule has 0 aliphatic carbocycles. The molecule has 0 bridgehead atoms. The Morgan fingerprint density at radius 1 is 1.42 bits per heavy atom. The van der Waals surface area contributed by atoms with Crippen molar-refractivity contribution in [3.8, 4) is 5.69 Å². The number of aryl methyl sites for hydroxylation is 1. The van der Waals surface area contributed by atoms with Gasteiger partial charge in [-0.15, -0.1) is 6.58 Å². The summed E-state index contributed by atoms with van der Waals surface area (Å²) in [6, 6.07) is 9.18. The highest BCUT2D eigenvalue weighted by Gasteiger charge is 2.25. The molecule has 2 aromatic rings. The van der Waals surface area contributed by atoms with E-state index in [0.717, 1.165) is 5.69 Å². The van der Waals surface area contributed by atoms with Crippen LogP contribution in [0.15, 0.2) is 43.0 Å². The van der Waals surface area contributed by atoms with E-state index in [0.29, 0.717) is 12.2 Å². The van der Waals surface area contributed by atoms with E-state index in [2.05, 4.69) is 17.0 Å². The third kappa shape index (κ3) is 3.83. The predicted octanol–water partition coefficient (Wildman–Crippen LogP) is 2.68. The number of hydrogen-bond donors (Lipinski definition) is 1. The third-order valence-electron chi connectivity index (χ3n) is 3.28. The molecule has 0 saturated heterocycles. The number of nitrogens with one attached hydrogen (secondary N) is 1. The minimum absolute atomic E-state index is 0.141. The summed E-state index contributed by atoms with van der Waals surface area (Å²) >= 11 is 6.29.